The van der Waals surface area contributed by atoms with E-state index in [4.69, 9.17) is 15.0 Å². The van der Waals surface area contributed by atoms with E-state index in [0.717, 1.165) is 22.4 Å². The summed E-state index contributed by atoms with van der Waals surface area (Å²) in [7, 11) is 1.66. The highest BCUT2D eigenvalue weighted by atomic mass is 16.5. The van der Waals surface area contributed by atoms with E-state index in [1.165, 1.54) is 0 Å². The number of hydrogen-bond donors (Lipinski definition) is 1. The monoisotopic (exact) mass is 232 g/mol. The maximum Gasteiger partial charge on any atom is 0.230 e. The second kappa shape index (κ2) is 5.01. The molecule has 1 heterocycles. The van der Waals surface area contributed by atoms with Gasteiger partial charge in [0.2, 0.25) is 5.88 Å². The van der Waals surface area contributed by atoms with Crippen LogP contribution in [0.15, 0.2) is 28.8 Å². The number of hydrogen-bond acceptors (Lipinski definition) is 4. The van der Waals surface area contributed by atoms with Crippen molar-refractivity contribution in [2.24, 2.45) is 0 Å². The number of ether oxygens (including phenoxy) is 1. The Morgan fingerprint density at radius 1 is 1.35 bits per heavy atom. The fourth-order valence-electron chi connectivity index (χ4n) is 1.85. The molecule has 0 amide bonds. The molecular weight excluding hydrogens is 216 g/mol. The van der Waals surface area contributed by atoms with Crippen LogP contribution in [0.5, 0.6) is 0 Å². The highest BCUT2D eigenvalue weighted by Gasteiger charge is 2.16. The van der Waals surface area contributed by atoms with Gasteiger partial charge in [0, 0.05) is 13.5 Å². The molecule has 0 aliphatic heterocycles. The normalized spacial score (nSPS) is 10.7. The number of benzene rings is 1. The van der Waals surface area contributed by atoms with Crippen LogP contribution in [0, 0.1) is 6.92 Å². The van der Waals surface area contributed by atoms with Crippen LogP contribution >= 0.6 is 0 Å². The van der Waals surface area contributed by atoms with E-state index in [0.29, 0.717) is 18.9 Å². The highest BCUT2D eigenvalue weighted by molar-refractivity contribution is 5.77. The molecule has 2 N–H and O–H groups in total. The zero-order chi connectivity index (χ0) is 12.3. The largest absolute Gasteiger partial charge is 0.384 e. The van der Waals surface area contributed by atoms with Gasteiger partial charge in [-0.25, -0.2) is 0 Å². The molecule has 0 atom stereocenters. The molecule has 2 rings (SSSR count). The molecule has 0 fully saturated rings. The Morgan fingerprint density at radius 3 is 2.82 bits per heavy atom. The first kappa shape index (κ1) is 11.7. The molecule has 4 nitrogen and oxygen atoms in total. The summed E-state index contributed by atoms with van der Waals surface area (Å²) in [5.74, 6) is 0.366. The summed E-state index contributed by atoms with van der Waals surface area (Å²) in [6.45, 7) is 2.65. The quantitative estimate of drug-likeness (QED) is 0.879. The van der Waals surface area contributed by atoms with E-state index in [9.17, 15) is 0 Å². The van der Waals surface area contributed by atoms with E-state index in [1.54, 1.807) is 7.11 Å². The Hall–Kier alpha value is -1.81. The minimum Gasteiger partial charge on any atom is -0.384 e. The minimum atomic E-state index is 0.366. The van der Waals surface area contributed by atoms with E-state index >= 15 is 0 Å². The van der Waals surface area contributed by atoms with Gasteiger partial charge in [0.1, 0.15) is 0 Å². The number of rotatable bonds is 4. The van der Waals surface area contributed by atoms with Crippen molar-refractivity contribution < 1.29 is 9.26 Å². The maximum atomic E-state index is 5.84. The van der Waals surface area contributed by atoms with Crippen LogP contribution < -0.4 is 5.73 Å². The summed E-state index contributed by atoms with van der Waals surface area (Å²) in [4.78, 5) is 0. The first-order chi connectivity index (χ1) is 8.24. The van der Waals surface area contributed by atoms with Crippen molar-refractivity contribution in [1.82, 2.24) is 5.16 Å². The molecule has 90 valence electrons. The van der Waals surface area contributed by atoms with Crippen molar-refractivity contribution in [3.8, 4) is 11.1 Å². The molecular formula is C13H16N2O2. The van der Waals surface area contributed by atoms with E-state index in [-0.39, 0.29) is 0 Å². The Balaban J connectivity index is 2.44. The summed E-state index contributed by atoms with van der Waals surface area (Å²) >= 11 is 0. The number of nitrogens with zero attached hydrogens (tertiary/aromatic N) is 1. The van der Waals surface area contributed by atoms with Gasteiger partial charge in [0.05, 0.1) is 17.9 Å². The lowest BCUT2D eigenvalue weighted by Crippen LogP contribution is -1.98. The Kier molecular flexibility index (Phi) is 3.44. The first-order valence-corrected chi connectivity index (χ1v) is 5.53. The van der Waals surface area contributed by atoms with Crippen LogP contribution in [0.4, 0.5) is 5.88 Å². The van der Waals surface area contributed by atoms with Crippen molar-refractivity contribution >= 4 is 5.88 Å². The molecule has 0 saturated heterocycles. The van der Waals surface area contributed by atoms with Crippen LogP contribution in [0.3, 0.4) is 0 Å². The van der Waals surface area contributed by atoms with Crippen molar-refractivity contribution in [2.45, 2.75) is 13.3 Å². The molecule has 0 saturated carbocycles. The third-order valence-electron chi connectivity index (χ3n) is 2.75. The standard InChI is InChI=1S/C13H16N2O2/c1-9-5-3-4-6-10(9)12-11(7-8-16-2)15-17-13(12)14/h3-6H,7-8,14H2,1-2H3. The zero-order valence-electron chi connectivity index (χ0n) is 10.1. The molecule has 0 aliphatic carbocycles. The van der Waals surface area contributed by atoms with Gasteiger partial charge in [0.25, 0.3) is 0 Å². The van der Waals surface area contributed by atoms with Crippen LogP contribution in [-0.4, -0.2) is 18.9 Å². The van der Waals surface area contributed by atoms with E-state index in [1.807, 2.05) is 31.2 Å². The summed E-state index contributed by atoms with van der Waals surface area (Å²) < 4.78 is 10.1. The van der Waals surface area contributed by atoms with Crippen molar-refractivity contribution in [3.63, 3.8) is 0 Å². The fraction of sp³-hybridized carbons (Fsp3) is 0.308. The average molecular weight is 232 g/mol. The lowest BCUT2D eigenvalue weighted by atomic mass is 9.99. The Bertz CT molecular complexity index is 506. The van der Waals surface area contributed by atoms with Gasteiger partial charge in [-0.2, -0.15) is 0 Å². The second-order valence-electron chi connectivity index (χ2n) is 3.93. The first-order valence-electron chi connectivity index (χ1n) is 5.53. The average Bonchev–Trinajstić information content (AvgIpc) is 2.69. The number of nitrogens with two attached hydrogens (primary N) is 1. The molecule has 1 aromatic heterocycles. The van der Waals surface area contributed by atoms with Gasteiger partial charge in [-0.1, -0.05) is 29.4 Å². The molecule has 2 aromatic rings. The highest BCUT2D eigenvalue weighted by Crippen LogP contribution is 2.32. The van der Waals surface area contributed by atoms with E-state index < -0.39 is 0 Å². The summed E-state index contributed by atoms with van der Waals surface area (Å²) in [5.41, 5.74) is 9.80. The molecule has 1 aromatic carbocycles. The lowest BCUT2D eigenvalue weighted by Gasteiger charge is -2.05. The number of anilines is 1. The molecule has 17 heavy (non-hydrogen) atoms. The van der Waals surface area contributed by atoms with E-state index in [2.05, 4.69) is 5.16 Å². The van der Waals surface area contributed by atoms with Crippen LogP contribution in [0.25, 0.3) is 11.1 Å². The molecule has 0 unspecified atom stereocenters. The predicted octanol–water partition coefficient (Wildman–Crippen LogP) is 2.42. The fourth-order valence-corrected chi connectivity index (χ4v) is 1.85. The second-order valence-corrected chi connectivity index (χ2v) is 3.93. The Morgan fingerprint density at radius 2 is 2.12 bits per heavy atom. The van der Waals surface area contributed by atoms with Gasteiger partial charge >= 0.3 is 0 Å². The molecule has 0 aliphatic rings. The molecule has 0 bridgehead atoms. The van der Waals surface area contributed by atoms with Gasteiger partial charge in [-0.15, -0.1) is 0 Å². The predicted molar refractivity (Wildman–Crippen MR) is 66.7 cm³/mol. The van der Waals surface area contributed by atoms with Crippen LogP contribution in [0.2, 0.25) is 0 Å². The Labute approximate surface area is 100 Å². The summed E-state index contributed by atoms with van der Waals surface area (Å²) in [6, 6.07) is 8.04. The van der Waals surface area contributed by atoms with Crippen molar-refractivity contribution in [3.05, 3.63) is 35.5 Å². The number of methoxy groups -OCH3 is 1. The topological polar surface area (TPSA) is 61.3 Å². The van der Waals surface area contributed by atoms with Crippen molar-refractivity contribution in [1.29, 1.82) is 0 Å². The molecule has 4 heteroatoms. The third-order valence-corrected chi connectivity index (χ3v) is 2.75. The molecule has 0 radical (unpaired) electrons. The summed E-state index contributed by atoms with van der Waals surface area (Å²) in [6.07, 6.45) is 0.695. The maximum absolute atomic E-state index is 5.84. The van der Waals surface area contributed by atoms with Gasteiger partial charge in [0.15, 0.2) is 0 Å². The van der Waals surface area contributed by atoms with Crippen LogP contribution in [0.1, 0.15) is 11.3 Å². The van der Waals surface area contributed by atoms with Gasteiger partial charge in [-0.05, 0) is 18.1 Å². The summed E-state index contributed by atoms with van der Waals surface area (Å²) in [5, 5.41) is 3.99. The lowest BCUT2D eigenvalue weighted by molar-refractivity contribution is 0.200. The van der Waals surface area contributed by atoms with Gasteiger partial charge < -0.3 is 15.0 Å². The number of aromatic nitrogens is 1. The van der Waals surface area contributed by atoms with Gasteiger partial charge in [-0.3, -0.25) is 0 Å². The SMILES string of the molecule is COCCc1noc(N)c1-c1ccccc1C. The number of nitrogen functional groups attached to an aromatic ring is 1. The van der Waals surface area contributed by atoms with Crippen molar-refractivity contribution in [2.75, 3.05) is 19.5 Å². The minimum absolute atomic E-state index is 0.366. The van der Waals surface area contributed by atoms with Crippen LogP contribution in [-0.2, 0) is 11.2 Å². The number of aryl methyl sites for hydroxylation is 1. The third kappa shape index (κ3) is 2.31. The molecule has 0 spiro atoms. The smallest absolute Gasteiger partial charge is 0.230 e. The zero-order valence-corrected chi connectivity index (χ0v) is 10.1.